The molecule has 3 aromatic rings. The molecule has 0 amide bonds. The van der Waals surface area contributed by atoms with Gasteiger partial charge >= 0.3 is 5.69 Å². The molecule has 0 N–H and O–H groups in total. The number of benzene rings is 1. The minimum Gasteiger partial charge on any atom is -0.280 e. The number of hydrogen-bond donors (Lipinski definition) is 0. The van der Waals surface area contributed by atoms with Crippen LogP contribution in [-0.2, 0) is 7.05 Å². The molecule has 1 aromatic carbocycles. The van der Waals surface area contributed by atoms with E-state index in [-0.39, 0.29) is 11.0 Å². The minimum absolute atomic E-state index is 0.0966. The summed E-state index contributed by atoms with van der Waals surface area (Å²) < 4.78 is 3.06. The molecule has 7 heteroatoms. The second-order valence-electron chi connectivity index (χ2n) is 5.34. The monoisotopic (exact) mass is 329 g/mol. The van der Waals surface area contributed by atoms with Gasteiger partial charge in [-0.2, -0.15) is 4.98 Å². The number of aromatic nitrogens is 4. The first-order chi connectivity index (χ1) is 11.0. The predicted molar refractivity (Wildman–Crippen MR) is 90.1 cm³/mol. The summed E-state index contributed by atoms with van der Waals surface area (Å²) in [6.07, 6.45) is 1.59. The van der Waals surface area contributed by atoms with E-state index in [1.807, 2.05) is 32.0 Å². The van der Waals surface area contributed by atoms with Crippen LogP contribution in [0.4, 0.5) is 0 Å². The maximum atomic E-state index is 12.9. The van der Waals surface area contributed by atoms with Crippen molar-refractivity contribution in [1.29, 1.82) is 0 Å². The van der Waals surface area contributed by atoms with Gasteiger partial charge in [0.15, 0.2) is 5.65 Å². The molecule has 0 bridgehead atoms. The Bertz CT molecular complexity index is 1030. The SMILES string of the molecule is CN=c1c2cnc(Cl)nc2n(C)c(=O)n1-c1c(C)cccc1C. The summed E-state index contributed by atoms with van der Waals surface area (Å²) in [4.78, 5) is 25.5. The van der Waals surface area contributed by atoms with E-state index in [0.717, 1.165) is 16.8 Å². The fourth-order valence-corrected chi connectivity index (χ4v) is 2.93. The molecule has 0 saturated heterocycles. The van der Waals surface area contributed by atoms with Gasteiger partial charge in [-0.1, -0.05) is 18.2 Å². The highest BCUT2D eigenvalue weighted by atomic mass is 35.5. The molecule has 2 aromatic heterocycles. The molecule has 6 nitrogen and oxygen atoms in total. The van der Waals surface area contributed by atoms with Crippen molar-refractivity contribution in [3.05, 3.63) is 56.8 Å². The Balaban J connectivity index is 2.61. The van der Waals surface area contributed by atoms with Gasteiger partial charge in [0.1, 0.15) is 5.49 Å². The molecule has 2 heterocycles. The van der Waals surface area contributed by atoms with E-state index in [0.29, 0.717) is 16.5 Å². The Kier molecular flexibility index (Phi) is 3.77. The van der Waals surface area contributed by atoms with Crippen LogP contribution < -0.4 is 11.2 Å². The van der Waals surface area contributed by atoms with Crippen molar-refractivity contribution in [3.8, 4) is 5.69 Å². The molecule has 118 valence electrons. The molecular formula is C16H16ClN5O. The second-order valence-corrected chi connectivity index (χ2v) is 5.68. The van der Waals surface area contributed by atoms with E-state index in [1.165, 1.54) is 4.57 Å². The van der Waals surface area contributed by atoms with Crippen LogP contribution in [0.15, 0.2) is 34.2 Å². The molecule has 0 aliphatic carbocycles. The van der Waals surface area contributed by atoms with Crippen LogP contribution in [0.2, 0.25) is 5.28 Å². The zero-order valence-electron chi connectivity index (χ0n) is 13.3. The smallest absolute Gasteiger partial charge is 0.280 e. The average molecular weight is 330 g/mol. The molecule has 3 rings (SSSR count). The van der Waals surface area contributed by atoms with Gasteiger partial charge in [-0.15, -0.1) is 0 Å². The van der Waals surface area contributed by atoms with Crippen LogP contribution in [0.3, 0.4) is 0 Å². The maximum absolute atomic E-state index is 12.9. The number of para-hydroxylation sites is 1. The van der Waals surface area contributed by atoms with Gasteiger partial charge in [-0.3, -0.25) is 9.56 Å². The van der Waals surface area contributed by atoms with Crippen LogP contribution in [0, 0.1) is 13.8 Å². The van der Waals surface area contributed by atoms with Gasteiger partial charge in [-0.05, 0) is 36.6 Å². The van der Waals surface area contributed by atoms with Crippen molar-refractivity contribution in [2.75, 3.05) is 7.05 Å². The minimum atomic E-state index is -0.231. The summed E-state index contributed by atoms with van der Waals surface area (Å²) in [7, 11) is 3.31. The van der Waals surface area contributed by atoms with E-state index in [4.69, 9.17) is 11.6 Å². The molecule has 0 atom stereocenters. The molecule has 0 aliphatic heterocycles. The van der Waals surface area contributed by atoms with Crippen molar-refractivity contribution >= 4 is 22.6 Å². The highest BCUT2D eigenvalue weighted by Crippen LogP contribution is 2.17. The average Bonchev–Trinajstić information content (AvgIpc) is 2.52. The molecule has 0 fully saturated rings. The number of fused-ring (bicyclic) bond motifs is 1. The maximum Gasteiger partial charge on any atom is 0.335 e. The third-order valence-electron chi connectivity index (χ3n) is 3.86. The van der Waals surface area contributed by atoms with Crippen molar-refractivity contribution in [2.45, 2.75) is 13.8 Å². The van der Waals surface area contributed by atoms with E-state index in [1.54, 1.807) is 24.9 Å². The lowest BCUT2D eigenvalue weighted by atomic mass is 10.1. The van der Waals surface area contributed by atoms with Gasteiger partial charge < -0.3 is 0 Å². The van der Waals surface area contributed by atoms with Gasteiger partial charge in [0.2, 0.25) is 5.28 Å². The van der Waals surface area contributed by atoms with Crippen molar-refractivity contribution in [3.63, 3.8) is 0 Å². The first-order valence-corrected chi connectivity index (χ1v) is 7.47. The summed E-state index contributed by atoms with van der Waals surface area (Å²) in [6, 6.07) is 5.90. The zero-order chi connectivity index (χ0) is 16.7. The third-order valence-corrected chi connectivity index (χ3v) is 4.04. The van der Waals surface area contributed by atoms with Crippen molar-refractivity contribution < 1.29 is 0 Å². The van der Waals surface area contributed by atoms with E-state index in [9.17, 15) is 4.79 Å². The van der Waals surface area contributed by atoms with Crippen LogP contribution in [0.25, 0.3) is 16.7 Å². The summed E-state index contributed by atoms with van der Waals surface area (Å²) in [5, 5.41) is 0.765. The van der Waals surface area contributed by atoms with E-state index in [2.05, 4.69) is 15.0 Å². The first-order valence-electron chi connectivity index (χ1n) is 7.09. The lowest BCUT2D eigenvalue weighted by Crippen LogP contribution is -2.39. The van der Waals surface area contributed by atoms with Crippen LogP contribution in [-0.4, -0.2) is 26.1 Å². The van der Waals surface area contributed by atoms with Crippen LogP contribution in [0.5, 0.6) is 0 Å². The number of halogens is 1. The quantitative estimate of drug-likeness (QED) is 0.641. The number of aryl methyl sites for hydroxylation is 3. The summed E-state index contributed by atoms with van der Waals surface area (Å²) >= 11 is 5.87. The topological polar surface area (TPSA) is 65.1 Å². The molecule has 0 saturated carbocycles. The van der Waals surface area contributed by atoms with Gasteiger partial charge in [0, 0.05) is 20.3 Å². The molecule has 0 unspecified atom stereocenters. The molecule has 0 radical (unpaired) electrons. The number of rotatable bonds is 1. The van der Waals surface area contributed by atoms with Gasteiger partial charge in [0.25, 0.3) is 0 Å². The molecular weight excluding hydrogens is 314 g/mol. The van der Waals surface area contributed by atoms with E-state index >= 15 is 0 Å². The summed E-state index contributed by atoms with van der Waals surface area (Å²) in [5.74, 6) is 0. The van der Waals surface area contributed by atoms with Crippen LogP contribution in [0.1, 0.15) is 11.1 Å². The largest absolute Gasteiger partial charge is 0.335 e. The second kappa shape index (κ2) is 5.62. The predicted octanol–water partition coefficient (Wildman–Crippen LogP) is 1.92. The van der Waals surface area contributed by atoms with Crippen molar-refractivity contribution in [2.24, 2.45) is 12.0 Å². The number of hydrogen-bond acceptors (Lipinski definition) is 4. The van der Waals surface area contributed by atoms with Crippen LogP contribution >= 0.6 is 11.6 Å². The summed E-state index contributed by atoms with van der Waals surface area (Å²) in [5.41, 5.74) is 3.54. The first kappa shape index (κ1) is 15.4. The normalized spacial score (nSPS) is 12.1. The Morgan fingerprint density at radius 3 is 2.48 bits per heavy atom. The standard InChI is InChI=1S/C16H16ClN5O/c1-9-6-5-7-10(2)12(9)22-13(18-3)11-8-19-15(17)20-14(11)21(4)16(22)23/h5-8H,1-4H3. The van der Waals surface area contributed by atoms with E-state index < -0.39 is 0 Å². The fourth-order valence-electron chi connectivity index (χ4n) is 2.80. The molecule has 0 aliphatic rings. The lowest BCUT2D eigenvalue weighted by molar-refractivity contribution is 0.746. The van der Waals surface area contributed by atoms with Gasteiger partial charge in [-0.25, -0.2) is 14.3 Å². The Hall–Kier alpha value is -2.47. The third kappa shape index (κ3) is 2.35. The van der Waals surface area contributed by atoms with Crippen molar-refractivity contribution in [1.82, 2.24) is 19.1 Å². The highest BCUT2D eigenvalue weighted by molar-refractivity contribution is 6.28. The molecule has 23 heavy (non-hydrogen) atoms. The highest BCUT2D eigenvalue weighted by Gasteiger charge is 2.15. The Morgan fingerprint density at radius 2 is 1.87 bits per heavy atom. The molecule has 0 spiro atoms. The summed E-state index contributed by atoms with van der Waals surface area (Å²) in [6.45, 7) is 3.94. The zero-order valence-corrected chi connectivity index (χ0v) is 14.1. The number of nitrogens with zero attached hydrogens (tertiary/aromatic N) is 5. The Labute approximate surface area is 137 Å². The lowest BCUT2D eigenvalue weighted by Gasteiger charge is -2.16. The van der Waals surface area contributed by atoms with Gasteiger partial charge in [0.05, 0.1) is 11.1 Å². The fraction of sp³-hybridized carbons (Fsp3) is 0.250. The Morgan fingerprint density at radius 1 is 1.22 bits per heavy atom.